The third-order valence-electron chi connectivity index (χ3n) is 1.72. The molecule has 0 aliphatic rings. The molecular formula is C8H14B2FN3O2. The summed E-state index contributed by atoms with van der Waals surface area (Å²) in [6.07, 6.45) is -0.601. The highest BCUT2D eigenvalue weighted by Gasteiger charge is 2.17. The van der Waals surface area contributed by atoms with E-state index in [0.29, 0.717) is 5.59 Å². The third-order valence-corrected chi connectivity index (χ3v) is 1.72. The second-order valence-electron chi connectivity index (χ2n) is 4.42. The molecule has 8 heteroatoms. The van der Waals surface area contributed by atoms with E-state index in [1.807, 2.05) is 0 Å². The monoisotopic (exact) mass is 225 g/mol. The highest BCUT2D eigenvalue weighted by molar-refractivity contribution is 6.37. The molecule has 0 saturated heterocycles. The molecule has 5 nitrogen and oxygen atoms in total. The Balaban J connectivity index is 2.63. The number of anilines is 1. The van der Waals surface area contributed by atoms with Gasteiger partial charge in [0.1, 0.15) is 5.60 Å². The summed E-state index contributed by atoms with van der Waals surface area (Å²) in [5, 5.41) is 6.26. The number of carbonyl (C=O) groups excluding carboxylic acids is 1. The minimum absolute atomic E-state index is 0.282. The summed E-state index contributed by atoms with van der Waals surface area (Å²) < 4.78 is 18.5. The molecule has 0 unspecified atom stereocenters. The molecule has 0 radical (unpaired) electrons. The van der Waals surface area contributed by atoms with Gasteiger partial charge in [-0.3, -0.25) is 9.91 Å². The number of nitrogens with zero attached hydrogens (tertiary/aromatic N) is 2. The van der Waals surface area contributed by atoms with Crippen LogP contribution in [0.5, 0.6) is 0 Å². The number of aromatic nitrogens is 2. The standard InChI is InChI=1S/C8H14B2FN3O2/c1-8(2,3)16-7(15)12-6-4-5(9)14(10-11)13-6/h4,10H,9H2,1-3H3,(H,12,13,15). The number of rotatable bonds is 2. The zero-order chi connectivity index (χ0) is 12.3. The van der Waals surface area contributed by atoms with Crippen molar-refractivity contribution in [1.82, 2.24) is 9.69 Å². The second-order valence-corrected chi connectivity index (χ2v) is 4.42. The first-order valence-electron chi connectivity index (χ1n) is 4.92. The van der Waals surface area contributed by atoms with E-state index in [0.717, 1.165) is 4.59 Å². The van der Waals surface area contributed by atoms with Gasteiger partial charge in [-0.05, 0) is 32.4 Å². The Kier molecular flexibility index (Phi) is 3.62. The fourth-order valence-electron chi connectivity index (χ4n) is 1.10. The summed E-state index contributed by atoms with van der Waals surface area (Å²) in [5.41, 5.74) is 0.0652. The van der Waals surface area contributed by atoms with Crippen LogP contribution in [-0.2, 0) is 4.74 Å². The first-order chi connectivity index (χ1) is 7.31. The number of amides is 1. The smallest absolute Gasteiger partial charge is 0.444 e. The number of ether oxygens (including phenoxy) is 1. The Morgan fingerprint density at radius 2 is 2.31 bits per heavy atom. The van der Waals surface area contributed by atoms with E-state index >= 15 is 0 Å². The molecule has 0 aromatic carbocycles. The zero-order valence-electron chi connectivity index (χ0n) is 9.87. The molecule has 0 aliphatic carbocycles. The molecule has 0 bridgehead atoms. The molecule has 1 aromatic heterocycles. The van der Waals surface area contributed by atoms with Crippen molar-refractivity contribution in [3.05, 3.63) is 6.07 Å². The van der Waals surface area contributed by atoms with Crippen LogP contribution in [-0.4, -0.2) is 36.9 Å². The number of nitrogens with one attached hydrogen (secondary N) is 1. The predicted molar refractivity (Wildman–Crippen MR) is 63.9 cm³/mol. The van der Waals surface area contributed by atoms with Crippen molar-refractivity contribution in [1.29, 1.82) is 0 Å². The molecule has 1 amide bonds. The minimum Gasteiger partial charge on any atom is -0.444 e. The first-order valence-corrected chi connectivity index (χ1v) is 4.92. The van der Waals surface area contributed by atoms with E-state index < -0.39 is 19.4 Å². The van der Waals surface area contributed by atoms with Crippen molar-refractivity contribution in [2.45, 2.75) is 26.4 Å². The molecule has 1 N–H and O–H groups in total. The van der Waals surface area contributed by atoms with Crippen LogP contribution in [0, 0.1) is 0 Å². The summed E-state index contributed by atoms with van der Waals surface area (Å²) in [5.74, 6) is 0.282. The molecule has 0 atom stereocenters. The molecule has 1 heterocycles. The van der Waals surface area contributed by atoms with Crippen LogP contribution in [0.3, 0.4) is 0 Å². The Labute approximate surface area is 95.1 Å². The van der Waals surface area contributed by atoms with Crippen molar-refractivity contribution >= 4 is 33.0 Å². The maximum atomic E-state index is 12.4. The van der Waals surface area contributed by atoms with Crippen LogP contribution in [0.1, 0.15) is 20.8 Å². The van der Waals surface area contributed by atoms with E-state index in [1.54, 1.807) is 34.7 Å². The van der Waals surface area contributed by atoms with Gasteiger partial charge in [-0.15, -0.1) is 0 Å². The lowest BCUT2D eigenvalue weighted by Crippen LogP contribution is -2.27. The van der Waals surface area contributed by atoms with Crippen LogP contribution in [0.25, 0.3) is 0 Å². The lowest BCUT2D eigenvalue weighted by Gasteiger charge is -2.19. The average molecular weight is 225 g/mol. The van der Waals surface area contributed by atoms with E-state index in [9.17, 15) is 9.11 Å². The fraction of sp³-hybridized carbons (Fsp3) is 0.500. The van der Waals surface area contributed by atoms with Crippen LogP contribution in [0.2, 0.25) is 0 Å². The van der Waals surface area contributed by atoms with Crippen LogP contribution < -0.4 is 10.9 Å². The largest absolute Gasteiger partial charge is 0.464 e. The van der Waals surface area contributed by atoms with Crippen molar-refractivity contribution in [3.63, 3.8) is 0 Å². The van der Waals surface area contributed by atoms with Gasteiger partial charge in [0.2, 0.25) is 0 Å². The Bertz CT molecular complexity index is 389. The van der Waals surface area contributed by atoms with Crippen molar-refractivity contribution in [3.8, 4) is 0 Å². The van der Waals surface area contributed by atoms with Gasteiger partial charge in [0, 0.05) is 0 Å². The van der Waals surface area contributed by atoms with Crippen LogP contribution >= 0.6 is 0 Å². The molecule has 86 valence electrons. The van der Waals surface area contributed by atoms with Gasteiger partial charge < -0.3 is 9.05 Å². The third kappa shape index (κ3) is 3.60. The van der Waals surface area contributed by atoms with Gasteiger partial charge in [-0.2, -0.15) is 5.10 Å². The SMILES string of the molecule is Bc1cc(NC(=O)OC(C)(C)C)nn1BF. The lowest BCUT2D eigenvalue weighted by atomic mass is 10.0. The van der Waals surface area contributed by atoms with Gasteiger partial charge in [0.05, 0.1) is 0 Å². The highest BCUT2D eigenvalue weighted by atomic mass is 19.1. The van der Waals surface area contributed by atoms with E-state index in [1.165, 1.54) is 0 Å². The Hall–Kier alpha value is -1.46. The number of hydrogen-bond acceptors (Lipinski definition) is 3. The minimum atomic E-state index is -0.720. The summed E-state index contributed by atoms with van der Waals surface area (Å²) in [4.78, 5) is 11.4. The number of hydrogen-bond donors (Lipinski definition) is 1. The molecule has 1 aromatic rings. The zero-order valence-corrected chi connectivity index (χ0v) is 9.87. The summed E-state index contributed by atoms with van der Waals surface area (Å²) in [7, 11) is 0.981. The van der Waals surface area contributed by atoms with Gasteiger partial charge in [-0.25, -0.2) is 4.79 Å². The summed E-state index contributed by atoms with van der Waals surface area (Å²) in [6.45, 7) is 5.29. The number of halogens is 1. The van der Waals surface area contributed by atoms with Gasteiger partial charge in [-0.1, -0.05) is 0 Å². The average Bonchev–Trinajstić information content (AvgIpc) is 2.42. The maximum absolute atomic E-state index is 12.4. The van der Waals surface area contributed by atoms with Crippen molar-refractivity contribution < 1.29 is 13.8 Å². The quantitative estimate of drug-likeness (QED) is 0.694. The Morgan fingerprint density at radius 1 is 1.69 bits per heavy atom. The molecule has 0 aliphatic heterocycles. The van der Waals surface area contributed by atoms with E-state index in [2.05, 4.69) is 10.4 Å². The van der Waals surface area contributed by atoms with Crippen molar-refractivity contribution in [2.75, 3.05) is 5.32 Å². The molecule has 1 rings (SSSR count). The molecular weight excluding hydrogens is 211 g/mol. The first kappa shape index (κ1) is 12.6. The number of carbonyl (C=O) groups is 1. The van der Waals surface area contributed by atoms with Gasteiger partial charge in [0.15, 0.2) is 13.7 Å². The lowest BCUT2D eigenvalue weighted by molar-refractivity contribution is 0.0635. The summed E-state index contributed by atoms with van der Waals surface area (Å²) >= 11 is 0. The summed E-state index contributed by atoms with van der Waals surface area (Å²) in [6, 6.07) is 1.57. The molecule has 0 spiro atoms. The van der Waals surface area contributed by atoms with Crippen LogP contribution in [0.15, 0.2) is 6.07 Å². The highest BCUT2D eigenvalue weighted by Crippen LogP contribution is 2.09. The van der Waals surface area contributed by atoms with E-state index in [-0.39, 0.29) is 5.82 Å². The van der Waals surface area contributed by atoms with Gasteiger partial charge >= 0.3 is 13.8 Å². The Morgan fingerprint density at radius 3 is 2.75 bits per heavy atom. The molecule has 0 saturated carbocycles. The van der Waals surface area contributed by atoms with Crippen molar-refractivity contribution in [2.24, 2.45) is 0 Å². The van der Waals surface area contributed by atoms with Crippen LogP contribution in [0.4, 0.5) is 14.9 Å². The fourth-order valence-corrected chi connectivity index (χ4v) is 1.10. The maximum Gasteiger partial charge on any atom is 0.464 e. The van der Waals surface area contributed by atoms with Gasteiger partial charge in [0.25, 0.3) is 0 Å². The predicted octanol–water partition coefficient (Wildman–Crippen LogP) is -0.427. The topological polar surface area (TPSA) is 56.1 Å². The molecule has 0 fully saturated rings. The normalized spacial score (nSPS) is 11.0. The second kappa shape index (κ2) is 4.59. The van der Waals surface area contributed by atoms with E-state index in [4.69, 9.17) is 4.74 Å². The molecule has 16 heavy (non-hydrogen) atoms.